The Morgan fingerprint density at radius 2 is 2.08 bits per heavy atom. The first-order valence-electron chi connectivity index (χ1n) is 8.75. The maximum atomic E-state index is 11.4. The van der Waals surface area contributed by atoms with Crippen molar-refractivity contribution in [1.82, 2.24) is 10.3 Å². The third-order valence-electron chi connectivity index (χ3n) is 3.66. The van der Waals surface area contributed by atoms with Gasteiger partial charge in [-0.25, -0.2) is 4.79 Å². The number of aromatic amines is 1. The summed E-state index contributed by atoms with van der Waals surface area (Å²) in [5.74, 6) is 0.887. The average Bonchev–Trinajstić information content (AvgIpc) is 2.99. The van der Waals surface area contributed by atoms with Gasteiger partial charge in [0.05, 0.1) is 7.11 Å². The standard InChI is InChI=1S/C20H28N2O4/c1-20(2,3)26-19(23)25-13-6-5-11-21-12-10-15-14-22-16-8-7-9-17(24-4)18(15)16/h5-9,14,21-22H,10-13H2,1-4H3/b6-5+. The number of aromatic nitrogens is 1. The van der Waals surface area contributed by atoms with Crippen molar-refractivity contribution in [2.24, 2.45) is 0 Å². The second kappa shape index (κ2) is 9.29. The number of H-pyrrole nitrogens is 1. The number of fused-ring (bicyclic) bond motifs is 1. The number of nitrogens with one attached hydrogen (secondary N) is 2. The summed E-state index contributed by atoms with van der Waals surface area (Å²) in [5, 5.41) is 4.48. The van der Waals surface area contributed by atoms with E-state index in [0.717, 1.165) is 29.6 Å². The van der Waals surface area contributed by atoms with Crippen LogP contribution >= 0.6 is 0 Å². The van der Waals surface area contributed by atoms with Gasteiger partial charge in [-0.2, -0.15) is 0 Å². The molecule has 0 amide bonds. The van der Waals surface area contributed by atoms with E-state index in [9.17, 15) is 4.79 Å². The smallest absolute Gasteiger partial charge is 0.496 e. The number of methoxy groups -OCH3 is 1. The Balaban J connectivity index is 1.68. The molecule has 0 spiro atoms. The second-order valence-electron chi connectivity index (χ2n) is 6.90. The van der Waals surface area contributed by atoms with Crippen molar-refractivity contribution in [1.29, 1.82) is 0 Å². The summed E-state index contributed by atoms with van der Waals surface area (Å²) in [5.41, 5.74) is 1.77. The van der Waals surface area contributed by atoms with Crippen LogP contribution in [-0.4, -0.2) is 43.5 Å². The van der Waals surface area contributed by atoms with Crippen molar-refractivity contribution in [2.75, 3.05) is 26.8 Å². The molecule has 2 rings (SSSR count). The number of carbonyl (C=O) groups is 1. The molecule has 0 aliphatic rings. The molecule has 6 nitrogen and oxygen atoms in total. The second-order valence-corrected chi connectivity index (χ2v) is 6.90. The molecule has 0 aliphatic heterocycles. The Kier molecular flexibility index (Phi) is 7.09. The van der Waals surface area contributed by atoms with Crippen molar-refractivity contribution in [3.8, 4) is 5.75 Å². The Labute approximate surface area is 154 Å². The molecule has 0 aliphatic carbocycles. The number of ether oxygens (including phenoxy) is 3. The number of hydrogen-bond donors (Lipinski definition) is 2. The number of hydrogen-bond acceptors (Lipinski definition) is 5. The van der Waals surface area contributed by atoms with Gasteiger partial charge in [0.2, 0.25) is 0 Å². The van der Waals surface area contributed by atoms with Crippen LogP contribution in [0.25, 0.3) is 10.9 Å². The Bertz CT molecular complexity index is 744. The highest BCUT2D eigenvalue weighted by Crippen LogP contribution is 2.28. The third-order valence-corrected chi connectivity index (χ3v) is 3.66. The van der Waals surface area contributed by atoms with E-state index in [1.165, 1.54) is 5.56 Å². The van der Waals surface area contributed by atoms with Gasteiger partial charge in [-0.3, -0.25) is 0 Å². The Morgan fingerprint density at radius 1 is 1.27 bits per heavy atom. The van der Waals surface area contributed by atoms with Crippen molar-refractivity contribution in [3.05, 3.63) is 42.1 Å². The van der Waals surface area contributed by atoms with Crippen molar-refractivity contribution < 1.29 is 19.0 Å². The van der Waals surface area contributed by atoms with Gasteiger partial charge >= 0.3 is 6.16 Å². The van der Waals surface area contributed by atoms with Crippen molar-refractivity contribution in [3.63, 3.8) is 0 Å². The number of benzene rings is 1. The molecule has 1 aromatic carbocycles. The molecule has 0 atom stereocenters. The highest BCUT2D eigenvalue weighted by Gasteiger charge is 2.16. The first-order chi connectivity index (χ1) is 12.4. The predicted molar refractivity (Wildman–Crippen MR) is 103 cm³/mol. The van der Waals surface area contributed by atoms with Crippen LogP contribution in [0.1, 0.15) is 26.3 Å². The number of carbonyl (C=O) groups excluding carboxylic acids is 1. The molecule has 0 saturated carbocycles. The van der Waals surface area contributed by atoms with E-state index in [4.69, 9.17) is 14.2 Å². The molecule has 26 heavy (non-hydrogen) atoms. The van der Waals surface area contributed by atoms with Gasteiger partial charge in [0.25, 0.3) is 0 Å². The van der Waals surface area contributed by atoms with Gasteiger partial charge in [0, 0.05) is 23.6 Å². The molecular weight excluding hydrogens is 332 g/mol. The van der Waals surface area contributed by atoms with Gasteiger partial charge in [-0.1, -0.05) is 12.1 Å². The maximum absolute atomic E-state index is 11.4. The van der Waals surface area contributed by atoms with Crippen LogP contribution in [-0.2, 0) is 15.9 Å². The first-order valence-corrected chi connectivity index (χ1v) is 8.75. The van der Waals surface area contributed by atoms with Crippen LogP contribution < -0.4 is 10.1 Å². The molecule has 1 heterocycles. The fourth-order valence-electron chi connectivity index (χ4n) is 2.54. The topological polar surface area (TPSA) is 72.6 Å². The molecule has 2 N–H and O–H groups in total. The molecule has 0 unspecified atom stereocenters. The summed E-state index contributed by atoms with van der Waals surface area (Å²) in [7, 11) is 1.69. The summed E-state index contributed by atoms with van der Waals surface area (Å²) < 4.78 is 15.5. The van der Waals surface area contributed by atoms with E-state index in [2.05, 4.69) is 10.3 Å². The number of rotatable bonds is 8. The molecular formula is C20H28N2O4. The summed E-state index contributed by atoms with van der Waals surface area (Å²) in [6, 6.07) is 5.99. The summed E-state index contributed by atoms with van der Waals surface area (Å²) in [6.45, 7) is 7.15. The van der Waals surface area contributed by atoms with E-state index in [0.29, 0.717) is 6.54 Å². The highest BCUT2D eigenvalue weighted by molar-refractivity contribution is 5.89. The third kappa shape index (κ3) is 6.11. The minimum atomic E-state index is -0.650. The van der Waals surface area contributed by atoms with Crippen LogP contribution in [0.2, 0.25) is 0 Å². The van der Waals surface area contributed by atoms with Gasteiger partial charge in [-0.05, 0) is 57.5 Å². The average molecular weight is 360 g/mol. The van der Waals surface area contributed by atoms with Crippen molar-refractivity contribution in [2.45, 2.75) is 32.8 Å². The lowest BCUT2D eigenvalue weighted by molar-refractivity contribution is -0.00243. The minimum absolute atomic E-state index is 0.205. The molecule has 1 aromatic heterocycles. The maximum Gasteiger partial charge on any atom is 0.509 e. The molecule has 6 heteroatoms. The lowest BCUT2D eigenvalue weighted by Gasteiger charge is -2.18. The molecule has 0 saturated heterocycles. The predicted octanol–water partition coefficient (Wildman–Crippen LogP) is 3.82. The zero-order chi connectivity index (χ0) is 19.0. The lowest BCUT2D eigenvalue weighted by atomic mass is 10.1. The molecule has 142 valence electrons. The lowest BCUT2D eigenvalue weighted by Crippen LogP contribution is -2.24. The fraction of sp³-hybridized carbons (Fsp3) is 0.450. The van der Waals surface area contributed by atoms with E-state index in [-0.39, 0.29) is 6.61 Å². The van der Waals surface area contributed by atoms with Crippen LogP contribution in [0.15, 0.2) is 36.5 Å². The van der Waals surface area contributed by atoms with Crippen LogP contribution in [0.5, 0.6) is 5.75 Å². The zero-order valence-corrected chi connectivity index (χ0v) is 15.9. The minimum Gasteiger partial charge on any atom is -0.496 e. The van der Waals surface area contributed by atoms with Crippen LogP contribution in [0, 0.1) is 0 Å². The van der Waals surface area contributed by atoms with E-state index in [1.807, 2.05) is 30.5 Å². The molecule has 0 bridgehead atoms. The van der Waals surface area contributed by atoms with Gasteiger partial charge < -0.3 is 24.5 Å². The zero-order valence-electron chi connectivity index (χ0n) is 15.9. The summed E-state index contributed by atoms with van der Waals surface area (Å²) in [4.78, 5) is 14.7. The molecule has 0 radical (unpaired) electrons. The fourth-order valence-corrected chi connectivity index (χ4v) is 2.54. The van der Waals surface area contributed by atoms with E-state index < -0.39 is 11.8 Å². The van der Waals surface area contributed by atoms with Gasteiger partial charge in [0.1, 0.15) is 18.0 Å². The Hall–Kier alpha value is -2.47. The van der Waals surface area contributed by atoms with Gasteiger partial charge in [0.15, 0.2) is 0 Å². The van der Waals surface area contributed by atoms with E-state index in [1.54, 1.807) is 34.0 Å². The summed E-state index contributed by atoms with van der Waals surface area (Å²) >= 11 is 0. The molecule has 0 fully saturated rings. The van der Waals surface area contributed by atoms with Crippen molar-refractivity contribution >= 4 is 17.1 Å². The largest absolute Gasteiger partial charge is 0.509 e. The normalized spacial score (nSPS) is 11.8. The quantitative estimate of drug-likeness (QED) is 0.425. The monoisotopic (exact) mass is 360 g/mol. The highest BCUT2D eigenvalue weighted by atomic mass is 16.7. The first kappa shape index (κ1) is 19.8. The molecule has 2 aromatic rings. The van der Waals surface area contributed by atoms with Crippen LogP contribution in [0.4, 0.5) is 4.79 Å². The summed E-state index contributed by atoms with van der Waals surface area (Å²) in [6.07, 6.45) is 6.00. The van der Waals surface area contributed by atoms with Gasteiger partial charge in [-0.15, -0.1) is 0 Å². The van der Waals surface area contributed by atoms with Crippen LogP contribution in [0.3, 0.4) is 0 Å². The SMILES string of the molecule is COc1cccc2[nH]cc(CCNC/C=C/COC(=O)OC(C)(C)C)c12. The van der Waals surface area contributed by atoms with E-state index >= 15 is 0 Å². The Morgan fingerprint density at radius 3 is 2.81 bits per heavy atom.